The maximum Gasteiger partial charge on any atom is 0.270 e. The van der Waals surface area contributed by atoms with Crippen LogP contribution < -0.4 is 9.64 Å². The minimum atomic E-state index is -0.209. The van der Waals surface area contributed by atoms with E-state index in [9.17, 15) is 9.90 Å². The first kappa shape index (κ1) is 18.5. The number of carbonyl (C=O) groups excluding carboxylic acids is 1. The summed E-state index contributed by atoms with van der Waals surface area (Å²) in [5, 5.41) is 10.5. The van der Waals surface area contributed by atoms with E-state index in [1.165, 1.54) is 23.8 Å². The average molecular weight is 504 g/mol. The monoisotopic (exact) mass is 503 g/mol. The molecule has 8 heteroatoms. The summed E-state index contributed by atoms with van der Waals surface area (Å²) in [6.45, 7) is 0. The predicted octanol–water partition coefficient (Wildman–Crippen LogP) is 5.06. The summed E-state index contributed by atoms with van der Waals surface area (Å²) in [4.78, 5) is 14.7. The van der Waals surface area contributed by atoms with E-state index in [-0.39, 0.29) is 11.7 Å². The Kier molecular flexibility index (Phi) is 5.57. The zero-order valence-corrected chi connectivity index (χ0v) is 17.4. The van der Waals surface area contributed by atoms with E-state index in [2.05, 4.69) is 0 Å². The molecule has 0 unspecified atom stereocenters. The molecule has 1 aliphatic rings. The first-order valence-electron chi connectivity index (χ1n) is 7.00. The number of phenolic OH excluding ortho intramolecular Hbond substituents is 1. The van der Waals surface area contributed by atoms with Crippen LogP contribution >= 0.6 is 58.2 Å². The second kappa shape index (κ2) is 7.53. The number of rotatable bonds is 3. The number of nitrogens with zero attached hydrogens (tertiary/aromatic N) is 1. The topological polar surface area (TPSA) is 49.8 Å². The summed E-state index contributed by atoms with van der Waals surface area (Å²) in [5.74, 6) is 0.217. The van der Waals surface area contributed by atoms with Gasteiger partial charge in [-0.15, -0.1) is 0 Å². The second-order valence-electron chi connectivity index (χ2n) is 5.05. The number of phenols is 1. The van der Waals surface area contributed by atoms with Crippen molar-refractivity contribution in [3.63, 3.8) is 0 Å². The zero-order chi connectivity index (χ0) is 18.1. The van der Waals surface area contributed by atoms with Gasteiger partial charge in [0, 0.05) is 5.02 Å². The van der Waals surface area contributed by atoms with Crippen LogP contribution in [0.2, 0.25) is 5.02 Å². The van der Waals surface area contributed by atoms with E-state index in [0.29, 0.717) is 29.3 Å². The predicted molar refractivity (Wildman–Crippen MR) is 114 cm³/mol. The van der Waals surface area contributed by atoms with Crippen LogP contribution in [-0.4, -0.2) is 22.4 Å². The normalized spacial score (nSPS) is 16.0. The van der Waals surface area contributed by atoms with Gasteiger partial charge in [-0.25, -0.2) is 0 Å². The van der Waals surface area contributed by atoms with Crippen LogP contribution in [0.15, 0.2) is 41.3 Å². The third-order valence-corrected chi connectivity index (χ3v) is 5.79. The van der Waals surface area contributed by atoms with Crippen molar-refractivity contribution in [3.05, 3.63) is 55.5 Å². The highest BCUT2D eigenvalue weighted by molar-refractivity contribution is 14.1. The van der Waals surface area contributed by atoms with Crippen molar-refractivity contribution < 1.29 is 14.6 Å². The number of methoxy groups -OCH3 is 1. The van der Waals surface area contributed by atoms with E-state index in [1.807, 2.05) is 22.6 Å². The maximum atomic E-state index is 12.8. The quantitative estimate of drug-likeness (QED) is 0.360. The lowest BCUT2D eigenvalue weighted by molar-refractivity contribution is -0.113. The van der Waals surface area contributed by atoms with Crippen molar-refractivity contribution in [3.8, 4) is 11.5 Å². The summed E-state index contributed by atoms with van der Waals surface area (Å²) in [6.07, 6.45) is 1.73. The van der Waals surface area contributed by atoms with E-state index in [4.69, 9.17) is 28.6 Å². The standard InChI is InChI=1S/C17H11ClINO3S2/c1-23-13-6-9(5-12(19)15(13)21)7-14-16(22)20(17(24)25-14)11-4-2-3-10(18)8-11/h2-8,21H,1H3/b14-7-. The van der Waals surface area contributed by atoms with Gasteiger partial charge in [0.15, 0.2) is 15.8 Å². The van der Waals surface area contributed by atoms with Crippen LogP contribution in [0.25, 0.3) is 6.08 Å². The van der Waals surface area contributed by atoms with Crippen molar-refractivity contribution in [2.75, 3.05) is 12.0 Å². The molecule has 1 N–H and O–H groups in total. The highest BCUT2D eigenvalue weighted by atomic mass is 127. The fraction of sp³-hybridized carbons (Fsp3) is 0.0588. The molecule has 1 saturated heterocycles. The van der Waals surface area contributed by atoms with Gasteiger partial charge < -0.3 is 9.84 Å². The number of carbonyl (C=O) groups is 1. The molecule has 0 bridgehead atoms. The lowest BCUT2D eigenvalue weighted by Gasteiger charge is -2.14. The van der Waals surface area contributed by atoms with Crippen LogP contribution in [0.4, 0.5) is 5.69 Å². The molecule has 0 atom stereocenters. The van der Waals surface area contributed by atoms with Gasteiger partial charge in [0.1, 0.15) is 0 Å². The number of thiocarbonyl (C=S) groups is 1. The first-order valence-corrected chi connectivity index (χ1v) is 9.69. The Labute approximate surface area is 172 Å². The fourth-order valence-corrected chi connectivity index (χ4v) is 4.40. The largest absolute Gasteiger partial charge is 0.504 e. The summed E-state index contributed by atoms with van der Waals surface area (Å²) < 4.78 is 6.23. The number of thioether (sulfide) groups is 1. The summed E-state index contributed by atoms with van der Waals surface area (Å²) in [5.41, 5.74) is 1.38. The van der Waals surface area contributed by atoms with E-state index in [0.717, 1.165) is 5.56 Å². The van der Waals surface area contributed by atoms with Crippen LogP contribution in [0.5, 0.6) is 11.5 Å². The molecule has 25 heavy (non-hydrogen) atoms. The molecule has 0 spiro atoms. The zero-order valence-electron chi connectivity index (χ0n) is 12.8. The number of benzene rings is 2. The van der Waals surface area contributed by atoms with Crippen LogP contribution in [0.1, 0.15) is 5.56 Å². The number of amides is 1. The molecule has 128 valence electrons. The van der Waals surface area contributed by atoms with Gasteiger partial charge in [0.25, 0.3) is 5.91 Å². The Morgan fingerprint density at radius 1 is 1.36 bits per heavy atom. The van der Waals surface area contributed by atoms with Gasteiger partial charge in [-0.2, -0.15) is 0 Å². The number of ether oxygens (including phenoxy) is 1. The third kappa shape index (κ3) is 3.79. The summed E-state index contributed by atoms with van der Waals surface area (Å²) >= 11 is 14.6. The SMILES string of the molecule is COc1cc(/C=C2\SC(=S)N(c3cccc(Cl)c3)C2=O)cc(I)c1O. The van der Waals surface area contributed by atoms with Crippen LogP contribution in [0.3, 0.4) is 0 Å². The molecule has 1 fully saturated rings. The molecule has 1 heterocycles. The van der Waals surface area contributed by atoms with Gasteiger partial charge >= 0.3 is 0 Å². The molecule has 0 aliphatic carbocycles. The summed E-state index contributed by atoms with van der Waals surface area (Å²) in [7, 11) is 1.48. The van der Waals surface area contributed by atoms with Crippen molar-refractivity contribution in [1.29, 1.82) is 0 Å². The Balaban J connectivity index is 1.97. The highest BCUT2D eigenvalue weighted by Gasteiger charge is 2.33. The van der Waals surface area contributed by atoms with Gasteiger partial charge in [0.05, 0.1) is 21.3 Å². The number of aromatic hydroxyl groups is 1. The van der Waals surface area contributed by atoms with Crippen molar-refractivity contribution in [1.82, 2.24) is 0 Å². The van der Waals surface area contributed by atoms with Crippen molar-refractivity contribution >= 4 is 80.2 Å². The van der Waals surface area contributed by atoms with Crippen LogP contribution in [-0.2, 0) is 4.79 Å². The highest BCUT2D eigenvalue weighted by Crippen LogP contribution is 2.38. The second-order valence-corrected chi connectivity index (χ2v) is 8.32. The minimum absolute atomic E-state index is 0.0757. The van der Waals surface area contributed by atoms with E-state index >= 15 is 0 Å². The molecule has 2 aromatic rings. The maximum absolute atomic E-state index is 12.8. The smallest absolute Gasteiger partial charge is 0.270 e. The minimum Gasteiger partial charge on any atom is -0.504 e. The van der Waals surface area contributed by atoms with E-state index in [1.54, 1.807) is 42.5 Å². The molecular weight excluding hydrogens is 493 g/mol. The Hall–Kier alpha value is -1.29. The van der Waals surface area contributed by atoms with Gasteiger partial charge in [-0.05, 0) is 64.6 Å². The molecule has 4 nitrogen and oxygen atoms in total. The molecule has 0 radical (unpaired) electrons. The average Bonchev–Trinajstić information content (AvgIpc) is 2.84. The Morgan fingerprint density at radius 3 is 2.80 bits per heavy atom. The third-order valence-electron chi connectivity index (χ3n) is 3.43. The van der Waals surface area contributed by atoms with Crippen LogP contribution in [0, 0.1) is 3.57 Å². The molecule has 1 amide bonds. The summed E-state index contributed by atoms with van der Waals surface area (Å²) in [6, 6.07) is 10.4. The lowest BCUT2D eigenvalue weighted by Crippen LogP contribution is -2.27. The van der Waals surface area contributed by atoms with Gasteiger partial charge in [-0.3, -0.25) is 9.69 Å². The van der Waals surface area contributed by atoms with Crippen molar-refractivity contribution in [2.24, 2.45) is 0 Å². The molecule has 0 saturated carbocycles. The number of anilines is 1. The molecule has 0 aromatic heterocycles. The van der Waals surface area contributed by atoms with E-state index < -0.39 is 0 Å². The van der Waals surface area contributed by atoms with Gasteiger partial charge in [0.2, 0.25) is 0 Å². The Bertz CT molecular complexity index is 917. The van der Waals surface area contributed by atoms with Crippen molar-refractivity contribution in [2.45, 2.75) is 0 Å². The molecule has 2 aromatic carbocycles. The fourth-order valence-electron chi connectivity index (χ4n) is 2.29. The number of hydrogen-bond acceptors (Lipinski definition) is 5. The number of hydrogen-bond donors (Lipinski definition) is 1. The first-order chi connectivity index (χ1) is 11.9. The molecule has 1 aliphatic heterocycles. The molecular formula is C17H11ClINO3S2. The van der Waals surface area contributed by atoms with Gasteiger partial charge in [-0.1, -0.05) is 41.6 Å². The molecule has 3 rings (SSSR count). The Morgan fingerprint density at radius 2 is 2.12 bits per heavy atom. The number of halogens is 2. The lowest BCUT2D eigenvalue weighted by atomic mass is 10.2.